The summed E-state index contributed by atoms with van der Waals surface area (Å²) in [6.07, 6.45) is 1.97. The molecule has 0 radical (unpaired) electrons. The van der Waals surface area contributed by atoms with Gasteiger partial charge in [0.05, 0.1) is 5.56 Å². The van der Waals surface area contributed by atoms with Crippen molar-refractivity contribution < 1.29 is 14.7 Å². The Morgan fingerprint density at radius 3 is 2.37 bits per heavy atom. The van der Waals surface area contributed by atoms with Crippen LogP contribution in [0.4, 0.5) is 0 Å². The number of aromatic carboxylic acids is 1. The molecule has 1 aromatic rings. The lowest BCUT2D eigenvalue weighted by Crippen LogP contribution is -2.43. The fraction of sp³-hybridized carbons (Fsp3) is 0.571. The molecule has 0 bridgehead atoms. The average Bonchev–Trinajstić information content (AvgIpc) is 2.78. The third kappa shape index (κ3) is 2.13. The molecule has 0 aromatic carbocycles. The van der Waals surface area contributed by atoms with Crippen molar-refractivity contribution >= 4 is 11.9 Å². The Balaban J connectivity index is 2.43. The summed E-state index contributed by atoms with van der Waals surface area (Å²) < 4.78 is 0. The van der Waals surface area contributed by atoms with Crippen LogP contribution in [-0.4, -0.2) is 39.0 Å². The van der Waals surface area contributed by atoms with Crippen LogP contribution in [0.25, 0.3) is 0 Å². The second-order valence-electron chi connectivity index (χ2n) is 5.80. The van der Waals surface area contributed by atoms with Crippen LogP contribution in [0.1, 0.15) is 58.8 Å². The van der Waals surface area contributed by atoms with Gasteiger partial charge in [-0.25, -0.2) is 4.79 Å². The van der Waals surface area contributed by atoms with Gasteiger partial charge >= 0.3 is 5.97 Å². The van der Waals surface area contributed by atoms with Crippen LogP contribution in [0.3, 0.4) is 0 Å². The zero-order valence-corrected chi connectivity index (χ0v) is 11.8. The molecule has 104 valence electrons. The summed E-state index contributed by atoms with van der Waals surface area (Å²) in [4.78, 5) is 28.4. The molecular formula is C14H20N2O3. The number of likely N-dealkylation sites (tertiary alicyclic amines) is 1. The maximum absolute atomic E-state index is 12.7. The first-order valence-corrected chi connectivity index (χ1v) is 6.50. The smallest absolute Gasteiger partial charge is 0.352 e. The van der Waals surface area contributed by atoms with Gasteiger partial charge in [-0.15, -0.1) is 0 Å². The molecule has 1 aromatic heterocycles. The van der Waals surface area contributed by atoms with Gasteiger partial charge in [0, 0.05) is 17.8 Å². The molecule has 2 heterocycles. The molecular weight excluding hydrogens is 244 g/mol. The Labute approximate surface area is 112 Å². The second kappa shape index (κ2) is 4.40. The van der Waals surface area contributed by atoms with E-state index in [1.807, 2.05) is 18.7 Å². The van der Waals surface area contributed by atoms with E-state index in [-0.39, 0.29) is 17.1 Å². The zero-order valence-electron chi connectivity index (χ0n) is 11.8. The molecule has 2 rings (SSSR count). The molecule has 5 heteroatoms. The van der Waals surface area contributed by atoms with E-state index in [1.54, 1.807) is 13.8 Å². The molecule has 1 fully saturated rings. The zero-order chi connectivity index (χ0) is 14.4. The molecule has 19 heavy (non-hydrogen) atoms. The molecule has 0 atom stereocenters. The van der Waals surface area contributed by atoms with Crippen molar-refractivity contribution in [2.75, 3.05) is 6.54 Å². The number of H-pyrrole nitrogens is 1. The van der Waals surface area contributed by atoms with Gasteiger partial charge in [-0.1, -0.05) is 0 Å². The Kier molecular flexibility index (Phi) is 3.16. The van der Waals surface area contributed by atoms with E-state index in [0.717, 1.165) is 19.4 Å². The van der Waals surface area contributed by atoms with Crippen LogP contribution in [0.15, 0.2) is 0 Å². The average molecular weight is 264 g/mol. The van der Waals surface area contributed by atoms with Gasteiger partial charge < -0.3 is 15.0 Å². The Bertz CT molecular complexity index is 543. The Hall–Kier alpha value is -1.78. The monoisotopic (exact) mass is 264 g/mol. The number of aromatic amines is 1. The van der Waals surface area contributed by atoms with Crippen LogP contribution in [0.5, 0.6) is 0 Å². The van der Waals surface area contributed by atoms with E-state index in [4.69, 9.17) is 5.11 Å². The summed E-state index contributed by atoms with van der Waals surface area (Å²) in [6, 6.07) is 0. The highest BCUT2D eigenvalue weighted by Crippen LogP contribution is 2.31. The van der Waals surface area contributed by atoms with E-state index in [1.165, 1.54) is 0 Å². The van der Waals surface area contributed by atoms with Crippen molar-refractivity contribution in [3.8, 4) is 0 Å². The first kappa shape index (κ1) is 13.6. The van der Waals surface area contributed by atoms with Gasteiger partial charge in [-0.3, -0.25) is 4.79 Å². The minimum Gasteiger partial charge on any atom is -0.477 e. The molecule has 0 aliphatic carbocycles. The van der Waals surface area contributed by atoms with Crippen molar-refractivity contribution in [1.29, 1.82) is 0 Å². The molecule has 2 N–H and O–H groups in total. The number of aryl methyl sites for hydroxylation is 1. The van der Waals surface area contributed by atoms with E-state index in [9.17, 15) is 9.59 Å². The third-order valence-electron chi connectivity index (χ3n) is 4.01. The van der Waals surface area contributed by atoms with Crippen molar-refractivity contribution in [3.05, 3.63) is 22.5 Å². The van der Waals surface area contributed by atoms with E-state index in [0.29, 0.717) is 16.8 Å². The van der Waals surface area contributed by atoms with Crippen LogP contribution in [0.2, 0.25) is 0 Å². The van der Waals surface area contributed by atoms with Gasteiger partial charge in [0.15, 0.2) is 0 Å². The molecule has 1 amide bonds. The number of carboxylic acid groups (broad SMARTS) is 1. The van der Waals surface area contributed by atoms with Crippen molar-refractivity contribution in [3.63, 3.8) is 0 Å². The molecule has 0 spiro atoms. The first-order valence-electron chi connectivity index (χ1n) is 6.50. The first-order chi connectivity index (χ1) is 8.75. The van der Waals surface area contributed by atoms with Crippen LogP contribution >= 0.6 is 0 Å². The number of aromatic nitrogens is 1. The van der Waals surface area contributed by atoms with Gasteiger partial charge in [-0.05, 0) is 46.1 Å². The highest BCUT2D eigenvalue weighted by molar-refractivity contribution is 6.01. The number of hydrogen-bond donors (Lipinski definition) is 2. The number of carbonyl (C=O) groups excluding carboxylic acids is 1. The third-order valence-corrected chi connectivity index (χ3v) is 4.01. The summed E-state index contributed by atoms with van der Waals surface area (Å²) in [5, 5.41) is 9.10. The number of amides is 1. The second-order valence-corrected chi connectivity index (χ2v) is 5.80. The van der Waals surface area contributed by atoms with Crippen LogP contribution in [-0.2, 0) is 0 Å². The van der Waals surface area contributed by atoms with E-state index < -0.39 is 5.97 Å². The lowest BCUT2D eigenvalue weighted by molar-refractivity contribution is 0.0650. The topological polar surface area (TPSA) is 73.4 Å². The number of rotatable bonds is 2. The highest BCUT2D eigenvalue weighted by Gasteiger charge is 2.37. The summed E-state index contributed by atoms with van der Waals surface area (Å²) in [5.74, 6) is -1.10. The fourth-order valence-corrected chi connectivity index (χ4v) is 2.90. The minimum atomic E-state index is -1.03. The lowest BCUT2D eigenvalue weighted by atomic mass is 10.0. The van der Waals surface area contributed by atoms with Crippen molar-refractivity contribution in [2.24, 2.45) is 0 Å². The summed E-state index contributed by atoms with van der Waals surface area (Å²) in [6.45, 7) is 8.26. The molecule has 0 saturated carbocycles. The lowest BCUT2D eigenvalue weighted by Gasteiger charge is -2.31. The maximum Gasteiger partial charge on any atom is 0.352 e. The van der Waals surface area contributed by atoms with E-state index in [2.05, 4.69) is 4.98 Å². The maximum atomic E-state index is 12.7. The van der Waals surface area contributed by atoms with Crippen molar-refractivity contribution in [1.82, 2.24) is 9.88 Å². The van der Waals surface area contributed by atoms with Crippen molar-refractivity contribution in [2.45, 2.75) is 46.1 Å². The Morgan fingerprint density at radius 2 is 1.95 bits per heavy atom. The number of nitrogens with one attached hydrogen (secondary N) is 1. The van der Waals surface area contributed by atoms with Gasteiger partial charge in [0.25, 0.3) is 5.91 Å². The number of carboxylic acids is 1. The predicted octanol–water partition coefficient (Wildman–Crippen LogP) is 2.34. The molecule has 1 saturated heterocycles. The number of carbonyl (C=O) groups is 2. The van der Waals surface area contributed by atoms with E-state index >= 15 is 0 Å². The molecule has 1 aliphatic rings. The van der Waals surface area contributed by atoms with Gasteiger partial charge in [-0.2, -0.15) is 0 Å². The highest BCUT2D eigenvalue weighted by atomic mass is 16.4. The quantitative estimate of drug-likeness (QED) is 0.861. The number of nitrogens with zero attached hydrogens (tertiary/aromatic N) is 1. The van der Waals surface area contributed by atoms with Gasteiger partial charge in [0.1, 0.15) is 5.69 Å². The number of hydrogen-bond acceptors (Lipinski definition) is 2. The summed E-state index contributed by atoms with van der Waals surface area (Å²) in [5.41, 5.74) is 1.61. The predicted molar refractivity (Wildman–Crippen MR) is 71.6 cm³/mol. The summed E-state index contributed by atoms with van der Waals surface area (Å²) >= 11 is 0. The fourth-order valence-electron chi connectivity index (χ4n) is 2.90. The Morgan fingerprint density at radius 1 is 1.32 bits per heavy atom. The molecule has 1 aliphatic heterocycles. The summed E-state index contributed by atoms with van der Waals surface area (Å²) in [7, 11) is 0. The SMILES string of the molecule is Cc1[nH]c(C(=O)O)c(C)c1C(=O)N1CCCC1(C)C. The standard InChI is InChI=1S/C14H20N2O3/c1-8-10(9(2)15-11(8)13(18)19)12(17)16-7-5-6-14(16,3)4/h15H,5-7H2,1-4H3,(H,18,19). The molecule has 5 nitrogen and oxygen atoms in total. The normalized spacial score (nSPS) is 17.8. The minimum absolute atomic E-state index is 0.0683. The van der Waals surface area contributed by atoms with Crippen LogP contribution in [0, 0.1) is 13.8 Å². The van der Waals surface area contributed by atoms with Gasteiger partial charge in [0.2, 0.25) is 0 Å². The molecule has 0 unspecified atom stereocenters. The largest absolute Gasteiger partial charge is 0.477 e. The van der Waals surface area contributed by atoms with Crippen LogP contribution < -0.4 is 0 Å².